The molecule has 24 heavy (non-hydrogen) atoms. The molecule has 0 aliphatic carbocycles. The average molecular weight is 333 g/mol. The maximum atomic E-state index is 13.0. The summed E-state index contributed by atoms with van der Waals surface area (Å²) in [6.07, 6.45) is 2.75. The van der Waals surface area contributed by atoms with E-state index in [-0.39, 0.29) is 17.9 Å². The highest BCUT2D eigenvalue weighted by atomic mass is 19.1. The Kier molecular flexibility index (Phi) is 4.75. The molecule has 3 rings (SSSR count). The molecule has 8 heteroatoms. The minimum absolute atomic E-state index is 0.0710. The lowest BCUT2D eigenvalue weighted by Gasteiger charge is -2.26. The lowest BCUT2D eigenvalue weighted by atomic mass is 10.0. The van der Waals surface area contributed by atoms with Crippen LogP contribution in [0.3, 0.4) is 0 Å². The Morgan fingerprint density at radius 2 is 2.21 bits per heavy atom. The van der Waals surface area contributed by atoms with E-state index in [0.717, 1.165) is 12.8 Å². The first kappa shape index (κ1) is 16.4. The van der Waals surface area contributed by atoms with Gasteiger partial charge in [0.15, 0.2) is 0 Å². The van der Waals surface area contributed by atoms with Gasteiger partial charge in [-0.2, -0.15) is 10.1 Å². The highest BCUT2D eigenvalue weighted by Gasteiger charge is 2.31. The molecule has 2 aromatic rings. The summed E-state index contributed by atoms with van der Waals surface area (Å²) in [5.41, 5.74) is 0.650. The van der Waals surface area contributed by atoms with Crippen LogP contribution in [0.15, 0.2) is 30.6 Å². The van der Waals surface area contributed by atoms with Crippen molar-refractivity contribution in [3.8, 4) is 0 Å². The molecule has 2 heterocycles. The highest BCUT2D eigenvalue weighted by Crippen LogP contribution is 2.28. The molecule has 1 saturated heterocycles. The average Bonchev–Trinajstić information content (AvgIpc) is 3.17. The van der Waals surface area contributed by atoms with Gasteiger partial charge in [0.2, 0.25) is 5.95 Å². The molecule has 1 aliphatic heterocycles. The SMILES string of the molecule is Cn1ncnc1NC(=O)N1CCCC1CC(O)c1ccc(F)cc1. The van der Waals surface area contributed by atoms with Crippen molar-refractivity contribution in [1.82, 2.24) is 19.7 Å². The Bertz CT molecular complexity index is 703. The van der Waals surface area contributed by atoms with Crippen LogP contribution < -0.4 is 5.32 Å². The summed E-state index contributed by atoms with van der Waals surface area (Å²) in [4.78, 5) is 18.1. The number of aliphatic hydroxyl groups is 1. The Morgan fingerprint density at radius 3 is 2.88 bits per heavy atom. The van der Waals surface area contributed by atoms with Gasteiger partial charge in [0.1, 0.15) is 12.1 Å². The third-order valence-corrected chi connectivity index (χ3v) is 4.32. The molecule has 128 valence electrons. The number of halogens is 1. The van der Waals surface area contributed by atoms with Crippen LogP contribution >= 0.6 is 0 Å². The molecule has 1 aromatic carbocycles. The van der Waals surface area contributed by atoms with Crippen molar-refractivity contribution in [1.29, 1.82) is 0 Å². The zero-order valence-electron chi connectivity index (χ0n) is 13.4. The van der Waals surface area contributed by atoms with E-state index in [0.29, 0.717) is 24.5 Å². The van der Waals surface area contributed by atoms with Crippen LogP contribution in [0.25, 0.3) is 0 Å². The van der Waals surface area contributed by atoms with Crippen LogP contribution in [0, 0.1) is 5.82 Å². The lowest BCUT2D eigenvalue weighted by molar-refractivity contribution is 0.129. The number of hydrogen-bond donors (Lipinski definition) is 2. The largest absolute Gasteiger partial charge is 0.388 e. The first-order valence-corrected chi connectivity index (χ1v) is 7.89. The number of benzene rings is 1. The molecule has 1 aliphatic rings. The Morgan fingerprint density at radius 1 is 1.46 bits per heavy atom. The third-order valence-electron chi connectivity index (χ3n) is 4.32. The number of anilines is 1. The fraction of sp³-hybridized carbons (Fsp3) is 0.438. The smallest absolute Gasteiger partial charge is 0.324 e. The molecule has 2 atom stereocenters. The van der Waals surface area contributed by atoms with Crippen molar-refractivity contribution < 1.29 is 14.3 Å². The lowest BCUT2D eigenvalue weighted by Crippen LogP contribution is -2.40. The minimum atomic E-state index is -0.737. The molecule has 0 bridgehead atoms. The number of rotatable bonds is 4. The Balaban J connectivity index is 1.63. The predicted molar refractivity (Wildman–Crippen MR) is 85.7 cm³/mol. The molecule has 2 amide bonds. The topological polar surface area (TPSA) is 83.3 Å². The molecular weight excluding hydrogens is 313 g/mol. The monoisotopic (exact) mass is 333 g/mol. The Labute approximate surface area is 139 Å². The number of aliphatic hydroxyl groups excluding tert-OH is 1. The van der Waals surface area contributed by atoms with Gasteiger partial charge in [-0.25, -0.2) is 13.9 Å². The minimum Gasteiger partial charge on any atom is -0.388 e. The number of urea groups is 1. The van der Waals surface area contributed by atoms with Gasteiger partial charge < -0.3 is 10.0 Å². The summed E-state index contributed by atoms with van der Waals surface area (Å²) in [5.74, 6) is 0.0428. The van der Waals surface area contributed by atoms with Gasteiger partial charge in [-0.15, -0.1) is 0 Å². The highest BCUT2D eigenvalue weighted by molar-refractivity contribution is 5.87. The van der Waals surface area contributed by atoms with Gasteiger partial charge in [-0.05, 0) is 37.0 Å². The summed E-state index contributed by atoms with van der Waals surface area (Å²) in [6.45, 7) is 0.629. The van der Waals surface area contributed by atoms with Gasteiger partial charge in [-0.1, -0.05) is 12.1 Å². The second-order valence-corrected chi connectivity index (χ2v) is 5.93. The van der Waals surface area contributed by atoms with Gasteiger partial charge in [-0.3, -0.25) is 5.32 Å². The van der Waals surface area contributed by atoms with E-state index in [4.69, 9.17) is 0 Å². The second kappa shape index (κ2) is 6.96. The van der Waals surface area contributed by atoms with Crippen molar-refractivity contribution in [2.45, 2.75) is 31.4 Å². The van der Waals surface area contributed by atoms with Gasteiger partial charge in [0, 0.05) is 19.6 Å². The molecule has 0 radical (unpaired) electrons. The van der Waals surface area contributed by atoms with Gasteiger partial charge in [0.05, 0.1) is 6.10 Å². The normalized spacial score (nSPS) is 18.6. The number of aromatic nitrogens is 3. The third kappa shape index (κ3) is 3.53. The van der Waals surface area contributed by atoms with Gasteiger partial charge >= 0.3 is 6.03 Å². The maximum Gasteiger partial charge on any atom is 0.324 e. The van der Waals surface area contributed by atoms with E-state index in [1.807, 2.05) is 0 Å². The van der Waals surface area contributed by atoms with Crippen molar-refractivity contribution in [2.75, 3.05) is 11.9 Å². The van der Waals surface area contributed by atoms with Crippen molar-refractivity contribution in [3.63, 3.8) is 0 Å². The maximum absolute atomic E-state index is 13.0. The van der Waals surface area contributed by atoms with E-state index in [2.05, 4.69) is 15.4 Å². The second-order valence-electron chi connectivity index (χ2n) is 5.93. The fourth-order valence-corrected chi connectivity index (χ4v) is 3.00. The van der Waals surface area contributed by atoms with E-state index in [1.54, 1.807) is 24.1 Å². The molecular formula is C16H20FN5O2. The van der Waals surface area contributed by atoms with Crippen molar-refractivity contribution in [2.24, 2.45) is 7.05 Å². The van der Waals surface area contributed by atoms with Crippen LogP contribution in [0.4, 0.5) is 15.1 Å². The van der Waals surface area contributed by atoms with Gasteiger partial charge in [0.25, 0.3) is 0 Å². The van der Waals surface area contributed by atoms with Crippen molar-refractivity contribution >= 4 is 12.0 Å². The zero-order chi connectivity index (χ0) is 17.1. The number of nitrogens with zero attached hydrogens (tertiary/aromatic N) is 4. The zero-order valence-corrected chi connectivity index (χ0v) is 13.4. The number of aryl methyl sites for hydroxylation is 1. The quantitative estimate of drug-likeness (QED) is 0.897. The molecule has 2 unspecified atom stereocenters. The molecule has 0 saturated carbocycles. The van der Waals surface area contributed by atoms with Crippen LogP contribution in [0.1, 0.15) is 30.9 Å². The number of hydrogen-bond acceptors (Lipinski definition) is 4. The first-order chi connectivity index (χ1) is 11.5. The molecule has 1 aromatic heterocycles. The fourth-order valence-electron chi connectivity index (χ4n) is 3.00. The number of carbonyl (C=O) groups is 1. The number of carbonyl (C=O) groups excluding carboxylic acids is 1. The van der Waals surface area contributed by atoms with Crippen molar-refractivity contribution in [3.05, 3.63) is 42.0 Å². The number of nitrogens with one attached hydrogen (secondary N) is 1. The molecule has 1 fully saturated rings. The van der Waals surface area contributed by atoms with E-state index in [9.17, 15) is 14.3 Å². The summed E-state index contributed by atoms with van der Waals surface area (Å²) >= 11 is 0. The summed E-state index contributed by atoms with van der Waals surface area (Å²) in [6, 6.07) is 5.47. The number of likely N-dealkylation sites (tertiary alicyclic amines) is 1. The summed E-state index contributed by atoms with van der Waals surface area (Å²) in [5, 5.41) is 17.0. The van der Waals surface area contributed by atoms with E-state index < -0.39 is 6.10 Å². The summed E-state index contributed by atoms with van der Waals surface area (Å²) < 4.78 is 14.5. The van der Waals surface area contributed by atoms with Crippen LogP contribution in [-0.4, -0.2) is 43.4 Å². The van der Waals surface area contributed by atoms with Crippen LogP contribution in [0.5, 0.6) is 0 Å². The standard InChI is InChI=1S/C16H20FN5O2/c1-21-15(18-10-19-21)20-16(24)22-8-2-3-13(22)9-14(23)11-4-6-12(17)7-5-11/h4-7,10,13-14,23H,2-3,8-9H2,1H3,(H,18,19,20,24). The predicted octanol–water partition coefficient (Wildman–Crippen LogP) is 2.07. The van der Waals surface area contributed by atoms with Crippen LogP contribution in [-0.2, 0) is 7.05 Å². The van der Waals surface area contributed by atoms with E-state index in [1.165, 1.54) is 23.1 Å². The van der Waals surface area contributed by atoms with E-state index >= 15 is 0 Å². The first-order valence-electron chi connectivity index (χ1n) is 7.89. The Hall–Kier alpha value is -2.48. The van der Waals surface area contributed by atoms with Crippen LogP contribution in [0.2, 0.25) is 0 Å². The molecule has 0 spiro atoms. The summed E-state index contributed by atoms with van der Waals surface area (Å²) in [7, 11) is 1.70. The molecule has 2 N–H and O–H groups in total. The number of amides is 2. The molecule has 7 nitrogen and oxygen atoms in total.